The Kier molecular flexibility index (Phi) is 11.0. The van der Waals surface area contributed by atoms with Crippen LogP contribution >= 0.6 is 11.6 Å². The van der Waals surface area contributed by atoms with Crippen LogP contribution in [0.25, 0.3) is 0 Å². The van der Waals surface area contributed by atoms with Crippen LogP contribution in [-0.4, -0.2) is 43.3 Å². The second-order valence-electron chi connectivity index (χ2n) is 12.7. The Morgan fingerprint density at radius 2 is 1.46 bits per heavy atom. The van der Waals surface area contributed by atoms with Gasteiger partial charge in [0.25, 0.3) is 10.0 Å². The molecule has 4 aromatic rings. The first-order chi connectivity index (χ1) is 21.6. The maximum absolute atomic E-state index is 14.6. The van der Waals surface area contributed by atoms with Gasteiger partial charge in [0.05, 0.1) is 10.6 Å². The zero-order valence-electron chi connectivity index (χ0n) is 27.2. The molecule has 0 heterocycles. The van der Waals surface area contributed by atoms with Crippen molar-refractivity contribution in [1.29, 1.82) is 0 Å². The smallest absolute Gasteiger partial charge is 0.264 e. The van der Waals surface area contributed by atoms with E-state index in [1.54, 1.807) is 54.6 Å². The first-order valence-electron chi connectivity index (χ1n) is 15.2. The molecule has 4 rings (SSSR count). The van der Waals surface area contributed by atoms with E-state index in [2.05, 4.69) is 5.32 Å². The van der Waals surface area contributed by atoms with Gasteiger partial charge in [-0.3, -0.25) is 13.9 Å². The number of carbonyl (C=O) groups excluding carboxylic acids is 2. The predicted octanol–water partition coefficient (Wildman–Crippen LogP) is 7.02. The second-order valence-corrected chi connectivity index (χ2v) is 15.0. The van der Waals surface area contributed by atoms with E-state index in [-0.39, 0.29) is 23.8 Å². The molecule has 0 saturated carbocycles. The average molecular weight is 660 g/mol. The first kappa shape index (κ1) is 34.7. The Morgan fingerprint density at radius 3 is 2.07 bits per heavy atom. The highest BCUT2D eigenvalue weighted by atomic mass is 35.5. The average Bonchev–Trinajstić information content (AvgIpc) is 2.99. The summed E-state index contributed by atoms with van der Waals surface area (Å²) in [5.74, 6) is -0.871. The molecule has 2 amide bonds. The van der Waals surface area contributed by atoms with E-state index in [4.69, 9.17) is 11.6 Å². The van der Waals surface area contributed by atoms with Gasteiger partial charge in [-0.05, 0) is 100 Å². The monoisotopic (exact) mass is 659 g/mol. The number of rotatable bonds is 11. The maximum Gasteiger partial charge on any atom is 0.264 e. The molecule has 1 N–H and O–H groups in total. The standard InChI is InChI=1S/C37H42ClN3O4S/c1-26-15-19-33(20-16-26)46(44,45)41(32-18-17-27(2)28(3)21-32)25-35(42)40(24-30-13-10-14-31(38)22-30)34(36(43)39-37(4,5)6)23-29-11-8-7-9-12-29/h7-22,34H,23-25H2,1-6H3,(H,39,43)/t34-/m1/s1. The van der Waals surface area contributed by atoms with Crippen molar-refractivity contribution in [1.82, 2.24) is 10.2 Å². The summed E-state index contributed by atoms with van der Waals surface area (Å²) < 4.78 is 29.6. The van der Waals surface area contributed by atoms with Crippen LogP contribution in [-0.2, 0) is 32.6 Å². The molecule has 0 radical (unpaired) electrons. The first-order valence-corrected chi connectivity index (χ1v) is 17.0. The number of aryl methyl sites for hydroxylation is 3. The normalized spacial score (nSPS) is 12.3. The molecular weight excluding hydrogens is 618 g/mol. The number of amides is 2. The topological polar surface area (TPSA) is 86.8 Å². The van der Waals surface area contributed by atoms with Crippen molar-refractivity contribution in [3.8, 4) is 0 Å². The number of nitrogens with one attached hydrogen (secondary N) is 1. The molecule has 0 spiro atoms. The van der Waals surface area contributed by atoms with Crippen molar-refractivity contribution in [2.45, 2.75) is 71.0 Å². The van der Waals surface area contributed by atoms with Gasteiger partial charge in [-0.25, -0.2) is 8.42 Å². The summed E-state index contributed by atoms with van der Waals surface area (Å²) in [6, 6.07) is 27.5. The van der Waals surface area contributed by atoms with E-state index >= 15 is 0 Å². The molecule has 0 aliphatic carbocycles. The van der Waals surface area contributed by atoms with Gasteiger partial charge in [-0.2, -0.15) is 0 Å². The number of hydrogen-bond donors (Lipinski definition) is 1. The van der Waals surface area contributed by atoms with Gasteiger partial charge in [0, 0.05) is 23.5 Å². The van der Waals surface area contributed by atoms with Crippen LogP contribution in [0.2, 0.25) is 5.02 Å². The Morgan fingerprint density at radius 1 is 0.804 bits per heavy atom. The summed E-state index contributed by atoms with van der Waals surface area (Å²) in [7, 11) is -4.18. The quantitative estimate of drug-likeness (QED) is 0.188. The van der Waals surface area contributed by atoms with Gasteiger partial charge < -0.3 is 10.2 Å². The number of halogens is 1. The number of hydrogen-bond acceptors (Lipinski definition) is 4. The van der Waals surface area contributed by atoms with Crippen molar-refractivity contribution in [2.24, 2.45) is 0 Å². The molecule has 242 valence electrons. The van der Waals surface area contributed by atoms with Crippen LogP contribution in [0.15, 0.2) is 102 Å². The molecule has 1 atom stereocenters. The van der Waals surface area contributed by atoms with Crippen LogP contribution < -0.4 is 9.62 Å². The van der Waals surface area contributed by atoms with E-state index in [1.807, 2.05) is 84.0 Å². The van der Waals surface area contributed by atoms with Gasteiger partial charge >= 0.3 is 0 Å². The number of anilines is 1. The Bertz CT molecular complexity index is 1790. The zero-order valence-corrected chi connectivity index (χ0v) is 28.8. The molecule has 0 aliphatic heterocycles. The molecule has 9 heteroatoms. The Balaban J connectivity index is 1.84. The summed E-state index contributed by atoms with van der Waals surface area (Å²) in [5.41, 5.74) is 4.15. The third-order valence-corrected chi connectivity index (χ3v) is 9.70. The van der Waals surface area contributed by atoms with Crippen LogP contribution in [0.5, 0.6) is 0 Å². The summed E-state index contributed by atoms with van der Waals surface area (Å²) in [6.07, 6.45) is 0.226. The predicted molar refractivity (Wildman–Crippen MR) is 185 cm³/mol. The fraction of sp³-hybridized carbons (Fsp3) is 0.297. The van der Waals surface area contributed by atoms with E-state index in [0.29, 0.717) is 16.3 Å². The molecule has 46 heavy (non-hydrogen) atoms. The summed E-state index contributed by atoms with van der Waals surface area (Å²) in [4.78, 5) is 30.1. The second kappa shape index (κ2) is 14.5. The van der Waals surface area contributed by atoms with Crippen molar-refractivity contribution in [3.63, 3.8) is 0 Å². The molecule has 0 aliphatic rings. The van der Waals surface area contributed by atoms with Crippen LogP contribution in [0.3, 0.4) is 0 Å². The van der Waals surface area contributed by atoms with E-state index in [9.17, 15) is 18.0 Å². The summed E-state index contributed by atoms with van der Waals surface area (Å²) >= 11 is 6.33. The van der Waals surface area contributed by atoms with Gasteiger partial charge in [0.1, 0.15) is 12.6 Å². The lowest BCUT2D eigenvalue weighted by atomic mass is 10.0. The maximum atomic E-state index is 14.6. The fourth-order valence-corrected chi connectivity index (χ4v) is 6.70. The van der Waals surface area contributed by atoms with Crippen molar-refractivity contribution in [2.75, 3.05) is 10.8 Å². The van der Waals surface area contributed by atoms with Gasteiger partial charge in [-0.1, -0.05) is 77.8 Å². The largest absolute Gasteiger partial charge is 0.350 e. The van der Waals surface area contributed by atoms with Crippen LogP contribution in [0, 0.1) is 20.8 Å². The van der Waals surface area contributed by atoms with E-state index in [1.165, 1.54) is 4.90 Å². The zero-order chi connectivity index (χ0) is 33.6. The van der Waals surface area contributed by atoms with Gasteiger partial charge in [0.2, 0.25) is 11.8 Å². The molecule has 0 bridgehead atoms. The number of nitrogens with zero attached hydrogens (tertiary/aromatic N) is 2. The lowest BCUT2D eigenvalue weighted by molar-refractivity contribution is -0.140. The SMILES string of the molecule is Cc1ccc(S(=O)(=O)N(CC(=O)N(Cc2cccc(Cl)c2)[C@H](Cc2ccccc2)C(=O)NC(C)(C)C)c2ccc(C)c(C)c2)cc1. The third kappa shape index (κ3) is 8.98. The molecule has 0 aromatic heterocycles. The highest BCUT2D eigenvalue weighted by Crippen LogP contribution is 2.27. The highest BCUT2D eigenvalue weighted by Gasteiger charge is 2.35. The Hall–Kier alpha value is -4.14. The minimum atomic E-state index is -4.18. The molecular formula is C37H42ClN3O4S. The Labute approximate surface area is 278 Å². The van der Waals surface area contributed by atoms with Crippen molar-refractivity contribution in [3.05, 3.63) is 130 Å². The molecule has 0 fully saturated rings. The fourth-order valence-electron chi connectivity index (χ4n) is 5.09. The van der Waals surface area contributed by atoms with Crippen LogP contribution in [0.4, 0.5) is 5.69 Å². The lowest BCUT2D eigenvalue weighted by Crippen LogP contribution is -2.56. The number of sulfonamides is 1. The molecule has 0 unspecified atom stereocenters. The number of carbonyl (C=O) groups is 2. The highest BCUT2D eigenvalue weighted by molar-refractivity contribution is 7.92. The van der Waals surface area contributed by atoms with Crippen molar-refractivity contribution < 1.29 is 18.0 Å². The molecule has 4 aromatic carbocycles. The summed E-state index contributed by atoms with van der Waals surface area (Å²) in [6.45, 7) is 10.9. The number of benzene rings is 4. The van der Waals surface area contributed by atoms with Crippen LogP contribution in [0.1, 0.15) is 48.6 Å². The third-order valence-electron chi connectivity index (χ3n) is 7.68. The molecule has 0 saturated heterocycles. The van der Waals surface area contributed by atoms with Gasteiger partial charge in [-0.15, -0.1) is 0 Å². The van der Waals surface area contributed by atoms with Gasteiger partial charge in [0.15, 0.2) is 0 Å². The summed E-state index contributed by atoms with van der Waals surface area (Å²) in [5, 5.41) is 3.53. The minimum Gasteiger partial charge on any atom is -0.350 e. The van der Waals surface area contributed by atoms with E-state index in [0.717, 1.165) is 26.6 Å². The molecule has 7 nitrogen and oxygen atoms in total. The minimum absolute atomic E-state index is 0.0415. The lowest BCUT2D eigenvalue weighted by Gasteiger charge is -2.35. The van der Waals surface area contributed by atoms with Crippen molar-refractivity contribution >= 4 is 39.1 Å². The van der Waals surface area contributed by atoms with E-state index < -0.39 is 34.1 Å².